The summed E-state index contributed by atoms with van der Waals surface area (Å²) in [6.07, 6.45) is 2.34. The van der Waals surface area contributed by atoms with Crippen LogP contribution < -0.4 is 11.3 Å². The number of methoxy groups -OCH3 is 1. The molecule has 0 rings (SSSR count). The van der Waals surface area contributed by atoms with Crippen molar-refractivity contribution in [3.8, 4) is 0 Å². The van der Waals surface area contributed by atoms with E-state index in [2.05, 4.69) is 0 Å². The molecule has 4 nitrogen and oxygen atoms in total. The standard InChI is InChI=1S/C10H20O3.H3N/c1-4-8(5-2)9(10(11)12)6-7-13-3;/h8-9H,4-7H2,1-3H3,(H,11,12);1H3. The van der Waals surface area contributed by atoms with Gasteiger partial charge in [0.15, 0.2) is 0 Å². The van der Waals surface area contributed by atoms with Crippen molar-refractivity contribution in [2.24, 2.45) is 11.8 Å². The van der Waals surface area contributed by atoms with Gasteiger partial charge < -0.3 is 20.8 Å². The van der Waals surface area contributed by atoms with Gasteiger partial charge in [-0.25, -0.2) is 0 Å². The average Bonchev–Trinajstić information content (AvgIpc) is 2.11. The fourth-order valence-corrected chi connectivity index (χ4v) is 1.65. The highest BCUT2D eigenvalue weighted by Gasteiger charge is 2.18. The SMILES string of the molecule is CCC(CC)C(CCOC)C(=O)[O-].[NH4+]. The van der Waals surface area contributed by atoms with E-state index >= 15 is 0 Å². The molecular formula is C10H23NO3. The third kappa shape index (κ3) is 5.19. The number of carboxylic acid groups (broad SMARTS) is 1. The zero-order valence-electron chi connectivity index (χ0n) is 9.71. The number of carbonyl (C=O) groups is 1. The van der Waals surface area contributed by atoms with Crippen molar-refractivity contribution in [1.29, 1.82) is 0 Å². The van der Waals surface area contributed by atoms with E-state index in [1.165, 1.54) is 0 Å². The lowest BCUT2D eigenvalue weighted by Gasteiger charge is -2.25. The molecule has 0 aliphatic heterocycles. The van der Waals surface area contributed by atoms with Crippen LogP contribution in [0.5, 0.6) is 0 Å². The third-order valence-corrected chi connectivity index (χ3v) is 2.55. The van der Waals surface area contributed by atoms with Gasteiger partial charge in [-0.2, -0.15) is 0 Å². The van der Waals surface area contributed by atoms with E-state index in [1.54, 1.807) is 7.11 Å². The van der Waals surface area contributed by atoms with Crippen molar-refractivity contribution < 1.29 is 14.6 Å². The summed E-state index contributed by atoms with van der Waals surface area (Å²) in [5, 5.41) is 10.8. The van der Waals surface area contributed by atoms with E-state index in [0.717, 1.165) is 12.8 Å². The predicted octanol–water partition coefficient (Wildman–Crippen LogP) is 1.20. The Morgan fingerprint density at radius 2 is 1.86 bits per heavy atom. The number of quaternary nitrogens is 1. The molecule has 0 spiro atoms. The summed E-state index contributed by atoms with van der Waals surface area (Å²) >= 11 is 0. The molecule has 0 aliphatic rings. The molecule has 0 amide bonds. The molecule has 4 N–H and O–H groups in total. The van der Waals surface area contributed by atoms with Gasteiger partial charge in [0, 0.05) is 25.6 Å². The number of carbonyl (C=O) groups excluding carboxylic acids is 1. The van der Waals surface area contributed by atoms with Crippen LogP contribution in [0.4, 0.5) is 0 Å². The van der Waals surface area contributed by atoms with E-state index in [9.17, 15) is 9.90 Å². The molecule has 0 aliphatic carbocycles. The summed E-state index contributed by atoms with van der Waals surface area (Å²) in [7, 11) is 1.58. The lowest BCUT2D eigenvalue weighted by molar-refractivity contribution is -0.314. The molecule has 14 heavy (non-hydrogen) atoms. The monoisotopic (exact) mass is 205 g/mol. The summed E-state index contributed by atoms with van der Waals surface area (Å²) in [4.78, 5) is 10.8. The van der Waals surface area contributed by atoms with E-state index in [0.29, 0.717) is 13.0 Å². The predicted molar refractivity (Wildman–Crippen MR) is 55.0 cm³/mol. The molecule has 0 bridgehead atoms. The normalized spacial score (nSPS) is 12.3. The zero-order chi connectivity index (χ0) is 10.3. The number of carboxylic acids is 1. The Balaban J connectivity index is 0. The maximum Gasteiger partial charge on any atom is 0.0468 e. The lowest BCUT2D eigenvalue weighted by atomic mass is 9.86. The Labute approximate surface area is 86.2 Å². The Kier molecular flexibility index (Phi) is 10.1. The summed E-state index contributed by atoms with van der Waals surface area (Å²) in [6.45, 7) is 4.52. The Hall–Kier alpha value is -0.610. The van der Waals surface area contributed by atoms with Gasteiger partial charge in [0.1, 0.15) is 0 Å². The molecule has 0 aromatic heterocycles. The summed E-state index contributed by atoms with van der Waals surface area (Å²) in [6, 6.07) is 0. The maximum atomic E-state index is 10.8. The van der Waals surface area contributed by atoms with Crippen LogP contribution in [0.3, 0.4) is 0 Å². The molecule has 0 aromatic rings. The van der Waals surface area contributed by atoms with Gasteiger partial charge in [0.25, 0.3) is 0 Å². The molecule has 0 saturated carbocycles. The van der Waals surface area contributed by atoms with Crippen molar-refractivity contribution in [2.45, 2.75) is 33.1 Å². The van der Waals surface area contributed by atoms with Gasteiger partial charge >= 0.3 is 0 Å². The first-order valence-electron chi connectivity index (χ1n) is 4.87. The largest absolute Gasteiger partial charge is 0.550 e. The third-order valence-electron chi connectivity index (χ3n) is 2.55. The first-order chi connectivity index (χ1) is 6.17. The van der Waals surface area contributed by atoms with E-state index in [4.69, 9.17) is 4.74 Å². The number of ether oxygens (including phenoxy) is 1. The van der Waals surface area contributed by atoms with Gasteiger partial charge in [0.05, 0.1) is 0 Å². The van der Waals surface area contributed by atoms with Crippen LogP contribution in [0.25, 0.3) is 0 Å². The molecule has 1 unspecified atom stereocenters. The van der Waals surface area contributed by atoms with Crippen LogP contribution in [0.2, 0.25) is 0 Å². The van der Waals surface area contributed by atoms with Crippen molar-refractivity contribution in [2.75, 3.05) is 13.7 Å². The van der Waals surface area contributed by atoms with Crippen LogP contribution in [-0.4, -0.2) is 19.7 Å². The molecule has 0 fully saturated rings. The van der Waals surface area contributed by atoms with Gasteiger partial charge in [-0.15, -0.1) is 0 Å². The van der Waals surface area contributed by atoms with Gasteiger partial charge in [-0.1, -0.05) is 26.7 Å². The molecule has 0 aromatic carbocycles. The number of hydrogen-bond acceptors (Lipinski definition) is 3. The van der Waals surface area contributed by atoms with Crippen molar-refractivity contribution in [1.82, 2.24) is 6.15 Å². The molecule has 1 atom stereocenters. The molecule has 0 radical (unpaired) electrons. The van der Waals surface area contributed by atoms with Crippen molar-refractivity contribution in [3.05, 3.63) is 0 Å². The Morgan fingerprint density at radius 3 is 2.14 bits per heavy atom. The fraction of sp³-hybridized carbons (Fsp3) is 0.900. The van der Waals surface area contributed by atoms with Crippen molar-refractivity contribution >= 4 is 5.97 Å². The Bertz CT molecular complexity index is 146. The smallest absolute Gasteiger partial charge is 0.0468 e. The average molecular weight is 205 g/mol. The number of hydrogen-bond donors (Lipinski definition) is 1. The van der Waals surface area contributed by atoms with E-state index in [-0.39, 0.29) is 18.0 Å². The number of rotatable bonds is 7. The molecule has 4 heteroatoms. The second kappa shape index (κ2) is 8.97. The molecular weight excluding hydrogens is 182 g/mol. The summed E-state index contributed by atoms with van der Waals surface area (Å²) in [5.41, 5.74) is 0. The minimum Gasteiger partial charge on any atom is -0.550 e. The highest BCUT2D eigenvalue weighted by atomic mass is 16.5. The first kappa shape index (κ1) is 15.8. The molecule has 0 heterocycles. The highest BCUT2D eigenvalue weighted by molar-refractivity contribution is 5.67. The van der Waals surface area contributed by atoms with E-state index < -0.39 is 5.97 Å². The fourth-order valence-electron chi connectivity index (χ4n) is 1.65. The van der Waals surface area contributed by atoms with Crippen LogP contribution in [0.1, 0.15) is 33.1 Å². The zero-order valence-corrected chi connectivity index (χ0v) is 9.71. The lowest BCUT2D eigenvalue weighted by Crippen LogP contribution is -2.36. The topological polar surface area (TPSA) is 85.9 Å². The van der Waals surface area contributed by atoms with Gasteiger partial charge in [-0.3, -0.25) is 0 Å². The second-order valence-electron chi connectivity index (χ2n) is 3.28. The number of aliphatic carboxylic acids is 1. The quantitative estimate of drug-likeness (QED) is 0.677. The van der Waals surface area contributed by atoms with E-state index in [1.807, 2.05) is 13.8 Å². The van der Waals surface area contributed by atoms with Gasteiger partial charge in [-0.05, 0) is 12.3 Å². The first-order valence-corrected chi connectivity index (χ1v) is 4.87. The minimum atomic E-state index is -0.939. The van der Waals surface area contributed by atoms with Gasteiger partial charge in [0.2, 0.25) is 0 Å². The maximum absolute atomic E-state index is 10.8. The van der Waals surface area contributed by atoms with Crippen LogP contribution in [-0.2, 0) is 9.53 Å². The highest BCUT2D eigenvalue weighted by Crippen LogP contribution is 2.22. The van der Waals surface area contributed by atoms with Crippen LogP contribution in [0, 0.1) is 11.8 Å². The van der Waals surface area contributed by atoms with Crippen molar-refractivity contribution in [3.63, 3.8) is 0 Å². The second-order valence-corrected chi connectivity index (χ2v) is 3.28. The molecule has 86 valence electrons. The van der Waals surface area contributed by atoms with Crippen LogP contribution >= 0.6 is 0 Å². The Morgan fingerprint density at radius 1 is 1.36 bits per heavy atom. The summed E-state index contributed by atoms with van der Waals surface area (Å²) in [5.74, 6) is -1.07. The molecule has 0 saturated heterocycles. The van der Waals surface area contributed by atoms with Crippen LogP contribution in [0.15, 0.2) is 0 Å². The minimum absolute atomic E-state index is 0. The summed E-state index contributed by atoms with van der Waals surface area (Å²) < 4.78 is 4.87.